The fourth-order valence-electron chi connectivity index (χ4n) is 2.41. The van der Waals surface area contributed by atoms with Gasteiger partial charge >= 0.3 is 0 Å². The van der Waals surface area contributed by atoms with Crippen LogP contribution < -0.4 is 19.5 Å². The molecule has 0 radical (unpaired) electrons. The van der Waals surface area contributed by atoms with Crippen LogP contribution in [0.25, 0.3) is 0 Å². The van der Waals surface area contributed by atoms with Gasteiger partial charge in [-0.2, -0.15) is 0 Å². The predicted octanol–water partition coefficient (Wildman–Crippen LogP) is 1.47. The summed E-state index contributed by atoms with van der Waals surface area (Å²) in [7, 11) is -3.55. The molecule has 2 aliphatic rings. The van der Waals surface area contributed by atoms with Gasteiger partial charge in [-0.15, -0.1) is 12.4 Å². The molecule has 128 valence electrons. The van der Waals surface area contributed by atoms with E-state index in [2.05, 4.69) is 10.0 Å². The van der Waals surface area contributed by atoms with Crippen molar-refractivity contribution in [2.75, 3.05) is 32.8 Å². The minimum atomic E-state index is -3.55. The zero-order valence-electron chi connectivity index (χ0n) is 12.7. The lowest BCUT2D eigenvalue weighted by atomic mass is 10.1. The van der Waals surface area contributed by atoms with Crippen LogP contribution in [0.15, 0.2) is 34.7 Å². The Kier molecular flexibility index (Phi) is 6.29. The highest BCUT2D eigenvalue weighted by atomic mass is 35.5. The van der Waals surface area contributed by atoms with Crippen LogP contribution in [0.4, 0.5) is 0 Å². The maximum atomic E-state index is 12.4. The van der Waals surface area contributed by atoms with Crippen molar-refractivity contribution in [3.05, 3.63) is 29.8 Å². The van der Waals surface area contributed by atoms with Crippen LogP contribution >= 0.6 is 12.4 Å². The number of rotatable bonds is 4. The predicted molar refractivity (Wildman–Crippen MR) is 90.1 cm³/mol. The first-order valence-electron chi connectivity index (χ1n) is 7.43. The molecule has 0 atom stereocenters. The van der Waals surface area contributed by atoms with Gasteiger partial charge in [0.05, 0.1) is 18.1 Å². The monoisotopic (exact) mass is 360 g/mol. The van der Waals surface area contributed by atoms with Crippen molar-refractivity contribution in [1.29, 1.82) is 0 Å². The number of fused-ring (bicyclic) bond motifs is 1. The molecule has 2 N–H and O–H groups in total. The molecule has 23 heavy (non-hydrogen) atoms. The maximum absolute atomic E-state index is 12.4. The first kappa shape index (κ1) is 18.1. The van der Waals surface area contributed by atoms with Crippen molar-refractivity contribution >= 4 is 22.4 Å². The summed E-state index contributed by atoms with van der Waals surface area (Å²) in [6, 6.07) is 4.73. The number of benzene rings is 1. The summed E-state index contributed by atoms with van der Waals surface area (Å²) in [5.74, 6) is 1.08. The summed E-state index contributed by atoms with van der Waals surface area (Å²) in [4.78, 5) is 0.200. The number of sulfonamides is 1. The van der Waals surface area contributed by atoms with Crippen molar-refractivity contribution in [3.63, 3.8) is 0 Å². The van der Waals surface area contributed by atoms with Crippen molar-refractivity contribution in [3.8, 4) is 11.5 Å². The number of ether oxygens (including phenoxy) is 2. The van der Waals surface area contributed by atoms with E-state index in [0.717, 1.165) is 31.5 Å². The summed E-state index contributed by atoms with van der Waals surface area (Å²) >= 11 is 0. The highest BCUT2D eigenvalue weighted by Crippen LogP contribution is 2.31. The fraction of sp³-hybridized carbons (Fsp3) is 0.467. The molecule has 1 aromatic rings. The van der Waals surface area contributed by atoms with Gasteiger partial charge in [-0.3, -0.25) is 0 Å². The second kappa shape index (κ2) is 8.01. The van der Waals surface area contributed by atoms with E-state index < -0.39 is 10.0 Å². The Labute approximate surface area is 142 Å². The molecule has 0 saturated carbocycles. The largest absolute Gasteiger partial charge is 0.490 e. The molecule has 0 fully saturated rings. The van der Waals surface area contributed by atoms with Gasteiger partial charge in [-0.25, -0.2) is 13.1 Å². The number of hydrogen-bond donors (Lipinski definition) is 2. The zero-order valence-corrected chi connectivity index (χ0v) is 14.3. The Morgan fingerprint density at radius 1 is 1.17 bits per heavy atom. The summed E-state index contributed by atoms with van der Waals surface area (Å²) in [5.41, 5.74) is 1.11. The lowest BCUT2D eigenvalue weighted by Gasteiger charge is -2.15. The quantitative estimate of drug-likeness (QED) is 0.795. The molecule has 0 amide bonds. The summed E-state index contributed by atoms with van der Waals surface area (Å²) in [6.07, 6.45) is 3.68. The normalized spacial score (nSPS) is 17.7. The Morgan fingerprint density at radius 3 is 2.70 bits per heavy atom. The summed E-state index contributed by atoms with van der Waals surface area (Å²) in [6.45, 7) is 3.14. The first-order chi connectivity index (χ1) is 10.6. The molecule has 0 aliphatic carbocycles. The van der Waals surface area contributed by atoms with Crippen LogP contribution in [0.3, 0.4) is 0 Å². The van der Waals surface area contributed by atoms with Gasteiger partial charge in [0.15, 0.2) is 11.5 Å². The number of nitrogens with one attached hydrogen (secondary N) is 2. The van der Waals surface area contributed by atoms with Crippen LogP contribution in [-0.4, -0.2) is 41.3 Å². The van der Waals surface area contributed by atoms with Crippen LogP contribution in [-0.2, 0) is 10.0 Å². The Hall–Kier alpha value is -1.28. The standard InChI is InChI=1S/C15H20N2O4S.ClH/c18-22(19,17-11-12-4-6-16-7-5-12)13-2-3-14-15(10-13)21-9-1-8-20-14;/h2-4,10,16-17H,1,5-9,11H2;1H. The van der Waals surface area contributed by atoms with E-state index >= 15 is 0 Å². The molecule has 2 heterocycles. The lowest BCUT2D eigenvalue weighted by molar-refractivity contribution is 0.297. The average molecular weight is 361 g/mol. The molecule has 0 unspecified atom stereocenters. The van der Waals surface area contributed by atoms with Gasteiger partial charge < -0.3 is 14.8 Å². The first-order valence-corrected chi connectivity index (χ1v) is 8.91. The smallest absolute Gasteiger partial charge is 0.240 e. The third-order valence-corrected chi connectivity index (χ3v) is 5.08. The molecule has 8 heteroatoms. The molecule has 2 aliphatic heterocycles. The highest BCUT2D eigenvalue weighted by molar-refractivity contribution is 7.89. The maximum Gasteiger partial charge on any atom is 0.240 e. The SMILES string of the molecule is Cl.O=S(=O)(NCC1=CCNCC1)c1ccc2c(c1)OCCCO2. The minimum Gasteiger partial charge on any atom is -0.490 e. The molecule has 0 aromatic heterocycles. The van der Waals surface area contributed by atoms with Gasteiger partial charge in [-0.1, -0.05) is 11.6 Å². The van der Waals surface area contributed by atoms with Crippen LogP contribution in [0.2, 0.25) is 0 Å². The van der Waals surface area contributed by atoms with E-state index in [1.807, 2.05) is 6.08 Å². The van der Waals surface area contributed by atoms with Gasteiger partial charge in [0, 0.05) is 25.6 Å². The molecule has 3 rings (SSSR count). The van der Waals surface area contributed by atoms with Gasteiger partial charge in [-0.05, 0) is 25.1 Å². The van der Waals surface area contributed by atoms with Crippen LogP contribution in [0.5, 0.6) is 11.5 Å². The van der Waals surface area contributed by atoms with Gasteiger partial charge in [0.25, 0.3) is 0 Å². The highest BCUT2D eigenvalue weighted by Gasteiger charge is 2.19. The molecular formula is C15H21ClN2O4S. The van der Waals surface area contributed by atoms with Crippen LogP contribution in [0.1, 0.15) is 12.8 Å². The van der Waals surface area contributed by atoms with E-state index in [-0.39, 0.29) is 17.3 Å². The van der Waals surface area contributed by atoms with Gasteiger partial charge in [0.2, 0.25) is 10.0 Å². The minimum absolute atomic E-state index is 0. The molecular weight excluding hydrogens is 340 g/mol. The third-order valence-electron chi connectivity index (χ3n) is 3.68. The third kappa shape index (κ3) is 4.60. The molecule has 0 spiro atoms. The van der Waals surface area contributed by atoms with E-state index in [4.69, 9.17) is 9.47 Å². The molecule has 0 bridgehead atoms. The average Bonchev–Trinajstić information content (AvgIpc) is 2.78. The van der Waals surface area contributed by atoms with E-state index in [1.165, 1.54) is 6.07 Å². The Balaban J connectivity index is 0.00000192. The second-order valence-electron chi connectivity index (χ2n) is 5.30. The molecule has 6 nitrogen and oxygen atoms in total. The Morgan fingerprint density at radius 2 is 1.96 bits per heavy atom. The lowest BCUT2D eigenvalue weighted by Crippen LogP contribution is -2.29. The van der Waals surface area contributed by atoms with Crippen LogP contribution in [0, 0.1) is 0 Å². The number of hydrogen-bond acceptors (Lipinski definition) is 5. The topological polar surface area (TPSA) is 76.7 Å². The summed E-state index contributed by atoms with van der Waals surface area (Å²) in [5, 5.41) is 3.20. The number of halogens is 1. The fourth-order valence-corrected chi connectivity index (χ4v) is 3.46. The van der Waals surface area contributed by atoms with Crippen molar-refractivity contribution in [1.82, 2.24) is 10.0 Å². The summed E-state index contributed by atoms with van der Waals surface area (Å²) < 4.78 is 38.5. The Bertz CT molecular complexity index is 676. The van der Waals surface area contributed by atoms with E-state index in [9.17, 15) is 8.42 Å². The van der Waals surface area contributed by atoms with Gasteiger partial charge in [0.1, 0.15) is 0 Å². The van der Waals surface area contributed by atoms with Crippen molar-refractivity contribution in [2.45, 2.75) is 17.7 Å². The van der Waals surface area contributed by atoms with Crippen molar-refractivity contribution in [2.24, 2.45) is 0 Å². The zero-order chi connectivity index (χ0) is 15.4. The second-order valence-corrected chi connectivity index (χ2v) is 7.07. The van der Waals surface area contributed by atoms with E-state index in [0.29, 0.717) is 31.3 Å². The molecule has 0 saturated heterocycles. The molecule has 1 aromatic carbocycles. The van der Waals surface area contributed by atoms with E-state index in [1.54, 1.807) is 12.1 Å². The van der Waals surface area contributed by atoms with Crippen molar-refractivity contribution < 1.29 is 17.9 Å².